The number of alkyl halides is 1. The van der Waals surface area contributed by atoms with Crippen LogP contribution in [0.5, 0.6) is 0 Å². The Morgan fingerprint density at radius 1 is 0.680 bits per heavy atom. The standard InChI is InChI=1S/C22H43BrO2/c1-3-4-5-6-7-8-9-10-11-12-13-14-15-16-17-18-19-20-22(2,23)21(24)25/h3-20H2,1-2H3,(H,24,25). The van der Waals surface area contributed by atoms with Crippen LogP contribution in [0.25, 0.3) is 0 Å². The predicted octanol–water partition coefficient (Wildman–Crippen LogP) is 8.27. The number of hydrogen-bond donors (Lipinski definition) is 1. The van der Waals surface area contributed by atoms with Gasteiger partial charge in [-0.3, -0.25) is 4.79 Å². The van der Waals surface area contributed by atoms with E-state index in [2.05, 4.69) is 22.9 Å². The summed E-state index contributed by atoms with van der Waals surface area (Å²) in [4.78, 5) is 11.0. The first-order valence-electron chi connectivity index (χ1n) is 10.9. The zero-order valence-electron chi connectivity index (χ0n) is 17.0. The first-order chi connectivity index (χ1) is 12.0. The summed E-state index contributed by atoms with van der Waals surface area (Å²) in [5.41, 5.74) is 0. The van der Waals surface area contributed by atoms with E-state index in [9.17, 15) is 4.79 Å². The zero-order valence-corrected chi connectivity index (χ0v) is 18.5. The van der Waals surface area contributed by atoms with Crippen LogP contribution in [-0.2, 0) is 4.79 Å². The number of rotatable bonds is 19. The quantitative estimate of drug-likeness (QED) is 0.169. The van der Waals surface area contributed by atoms with E-state index in [4.69, 9.17) is 5.11 Å². The topological polar surface area (TPSA) is 37.3 Å². The van der Waals surface area contributed by atoms with Gasteiger partial charge in [0, 0.05) is 0 Å². The molecule has 0 rings (SSSR count). The highest BCUT2D eigenvalue weighted by molar-refractivity contribution is 9.10. The molecule has 0 spiro atoms. The van der Waals surface area contributed by atoms with E-state index in [1.807, 2.05) is 0 Å². The second kappa shape index (κ2) is 17.4. The molecule has 1 N–H and O–H groups in total. The minimum absolute atomic E-state index is 0.723. The molecule has 0 aliphatic heterocycles. The lowest BCUT2D eigenvalue weighted by Gasteiger charge is -2.16. The molecule has 0 radical (unpaired) electrons. The van der Waals surface area contributed by atoms with Gasteiger partial charge in [-0.1, -0.05) is 132 Å². The Kier molecular flexibility index (Phi) is 17.3. The number of carbonyl (C=O) groups is 1. The van der Waals surface area contributed by atoms with Crippen molar-refractivity contribution >= 4 is 21.9 Å². The summed E-state index contributed by atoms with van der Waals surface area (Å²) >= 11 is 3.29. The summed E-state index contributed by atoms with van der Waals surface area (Å²) in [5.74, 6) is -0.746. The van der Waals surface area contributed by atoms with E-state index in [1.54, 1.807) is 6.92 Å². The van der Waals surface area contributed by atoms with Crippen LogP contribution >= 0.6 is 15.9 Å². The normalized spacial score (nSPS) is 13.7. The van der Waals surface area contributed by atoms with Gasteiger partial charge >= 0.3 is 5.97 Å². The van der Waals surface area contributed by atoms with E-state index in [0.29, 0.717) is 0 Å². The molecule has 0 saturated heterocycles. The van der Waals surface area contributed by atoms with Crippen molar-refractivity contribution in [1.29, 1.82) is 0 Å². The van der Waals surface area contributed by atoms with Gasteiger partial charge in [0.25, 0.3) is 0 Å². The van der Waals surface area contributed by atoms with Gasteiger partial charge in [-0.2, -0.15) is 0 Å². The van der Waals surface area contributed by atoms with Crippen LogP contribution in [0.3, 0.4) is 0 Å². The summed E-state index contributed by atoms with van der Waals surface area (Å²) in [7, 11) is 0. The van der Waals surface area contributed by atoms with Gasteiger partial charge < -0.3 is 5.11 Å². The van der Waals surface area contributed by atoms with Gasteiger partial charge in [0.2, 0.25) is 0 Å². The maximum Gasteiger partial charge on any atom is 0.320 e. The minimum atomic E-state index is -0.746. The smallest absolute Gasteiger partial charge is 0.320 e. The Labute approximate surface area is 165 Å². The average molecular weight is 419 g/mol. The van der Waals surface area contributed by atoms with Crippen molar-refractivity contribution < 1.29 is 9.90 Å². The fourth-order valence-corrected chi connectivity index (χ4v) is 3.57. The third-order valence-corrected chi connectivity index (χ3v) is 5.93. The molecule has 0 heterocycles. The summed E-state index contributed by atoms with van der Waals surface area (Å²) in [6, 6.07) is 0. The summed E-state index contributed by atoms with van der Waals surface area (Å²) in [5, 5.41) is 9.03. The zero-order chi connectivity index (χ0) is 18.8. The van der Waals surface area contributed by atoms with Gasteiger partial charge in [0.1, 0.15) is 4.32 Å². The summed E-state index contributed by atoms with van der Waals surface area (Å²) in [6.07, 6.45) is 23.8. The Bertz CT molecular complexity index is 302. The predicted molar refractivity (Wildman–Crippen MR) is 114 cm³/mol. The molecule has 0 aromatic rings. The summed E-state index contributed by atoms with van der Waals surface area (Å²) < 4.78 is -0.734. The highest BCUT2D eigenvalue weighted by Gasteiger charge is 2.28. The lowest BCUT2D eigenvalue weighted by Crippen LogP contribution is -2.27. The highest BCUT2D eigenvalue weighted by atomic mass is 79.9. The van der Waals surface area contributed by atoms with Crippen molar-refractivity contribution in [2.45, 2.75) is 134 Å². The Morgan fingerprint density at radius 3 is 1.24 bits per heavy atom. The monoisotopic (exact) mass is 418 g/mol. The molecule has 1 unspecified atom stereocenters. The van der Waals surface area contributed by atoms with Gasteiger partial charge in [0.15, 0.2) is 0 Å². The van der Waals surface area contributed by atoms with Crippen LogP contribution in [0.4, 0.5) is 0 Å². The lowest BCUT2D eigenvalue weighted by atomic mass is 10.0. The second-order valence-electron chi connectivity index (χ2n) is 7.91. The number of carboxylic acid groups (broad SMARTS) is 1. The first kappa shape index (κ1) is 24.9. The first-order valence-corrected chi connectivity index (χ1v) is 11.7. The molecule has 0 aliphatic rings. The number of unbranched alkanes of at least 4 members (excludes halogenated alkanes) is 16. The van der Waals surface area contributed by atoms with Crippen LogP contribution in [0.2, 0.25) is 0 Å². The van der Waals surface area contributed by atoms with Crippen molar-refractivity contribution in [2.75, 3.05) is 0 Å². The van der Waals surface area contributed by atoms with Gasteiger partial charge in [-0.25, -0.2) is 0 Å². The largest absolute Gasteiger partial charge is 0.480 e. The van der Waals surface area contributed by atoms with Gasteiger partial charge in [0.05, 0.1) is 0 Å². The minimum Gasteiger partial charge on any atom is -0.480 e. The molecule has 2 nitrogen and oxygen atoms in total. The molecule has 25 heavy (non-hydrogen) atoms. The number of carboxylic acids is 1. The lowest BCUT2D eigenvalue weighted by molar-refractivity contribution is -0.139. The Morgan fingerprint density at radius 2 is 0.960 bits per heavy atom. The SMILES string of the molecule is CCCCCCCCCCCCCCCCCCCC(C)(Br)C(=O)O. The molecular weight excluding hydrogens is 376 g/mol. The maximum absolute atomic E-state index is 11.0. The van der Waals surface area contributed by atoms with Crippen LogP contribution in [0.1, 0.15) is 129 Å². The van der Waals surface area contributed by atoms with Crippen molar-refractivity contribution in [3.05, 3.63) is 0 Å². The molecule has 0 aliphatic carbocycles. The van der Waals surface area contributed by atoms with E-state index < -0.39 is 10.3 Å². The molecule has 3 heteroatoms. The van der Waals surface area contributed by atoms with E-state index in [-0.39, 0.29) is 0 Å². The van der Waals surface area contributed by atoms with Crippen LogP contribution in [0, 0.1) is 0 Å². The Hall–Kier alpha value is -0.0500. The maximum atomic E-state index is 11.0. The Balaban J connectivity index is 3.13. The van der Waals surface area contributed by atoms with Crippen LogP contribution < -0.4 is 0 Å². The van der Waals surface area contributed by atoms with Crippen molar-refractivity contribution in [2.24, 2.45) is 0 Å². The molecule has 0 bridgehead atoms. The number of hydrogen-bond acceptors (Lipinski definition) is 1. The van der Waals surface area contributed by atoms with Crippen LogP contribution in [-0.4, -0.2) is 15.4 Å². The fourth-order valence-electron chi connectivity index (χ4n) is 3.29. The summed E-state index contributed by atoms with van der Waals surface area (Å²) in [6.45, 7) is 4.03. The number of halogens is 1. The molecule has 0 aromatic carbocycles. The third-order valence-electron chi connectivity index (χ3n) is 5.20. The average Bonchev–Trinajstić information content (AvgIpc) is 2.57. The molecular formula is C22H43BrO2. The molecule has 1 atom stereocenters. The van der Waals surface area contributed by atoms with E-state index in [0.717, 1.165) is 19.3 Å². The molecule has 0 saturated carbocycles. The molecule has 0 fully saturated rings. The van der Waals surface area contributed by atoms with Crippen LogP contribution in [0.15, 0.2) is 0 Å². The van der Waals surface area contributed by atoms with Gasteiger partial charge in [-0.05, 0) is 13.3 Å². The van der Waals surface area contributed by atoms with Crippen molar-refractivity contribution in [3.63, 3.8) is 0 Å². The second-order valence-corrected chi connectivity index (χ2v) is 9.66. The highest BCUT2D eigenvalue weighted by Crippen LogP contribution is 2.25. The molecule has 0 amide bonds. The third kappa shape index (κ3) is 17.1. The molecule has 0 aromatic heterocycles. The number of aliphatic carboxylic acids is 1. The van der Waals surface area contributed by atoms with E-state index in [1.165, 1.54) is 96.3 Å². The van der Waals surface area contributed by atoms with Gasteiger partial charge in [-0.15, -0.1) is 0 Å². The van der Waals surface area contributed by atoms with E-state index >= 15 is 0 Å². The van der Waals surface area contributed by atoms with Crippen molar-refractivity contribution in [1.82, 2.24) is 0 Å². The fraction of sp³-hybridized carbons (Fsp3) is 0.955. The molecule has 150 valence electrons. The van der Waals surface area contributed by atoms with Crippen molar-refractivity contribution in [3.8, 4) is 0 Å².